The predicted molar refractivity (Wildman–Crippen MR) is 125 cm³/mol. The summed E-state index contributed by atoms with van der Waals surface area (Å²) in [7, 11) is 1.47. The van der Waals surface area contributed by atoms with Crippen LogP contribution in [0.5, 0.6) is 5.75 Å². The molecule has 0 saturated heterocycles. The maximum Gasteiger partial charge on any atom is 0.335 e. The molecular formula is C23H20BrN3O6. The molecule has 0 unspecified atom stereocenters. The maximum atomic E-state index is 12.5. The summed E-state index contributed by atoms with van der Waals surface area (Å²) in [5.41, 5.74) is 4.96. The molecule has 0 atom stereocenters. The summed E-state index contributed by atoms with van der Waals surface area (Å²) in [5, 5.41) is 22.7. The number of benzene rings is 2. The third-order valence-electron chi connectivity index (χ3n) is 4.92. The number of hydrogen-bond acceptors (Lipinski definition) is 5. The van der Waals surface area contributed by atoms with Crippen molar-refractivity contribution in [2.45, 2.75) is 13.8 Å². The van der Waals surface area contributed by atoms with Crippen LogP contribution in [0.2, 0.25) is 0 Å². The smallest absolute Gasteiger partial charge is 0.335 e. The molecule has 1 heterocycles. The quantitative estimate of drug-likeness (QED) is 0.323. The number of aromatic carboxylic acids is 2. The molecule has 1 aromatic heterocycles. The fraction of sp³-hybridized carbons (Fsp3) is 0.130. The Morgan fingerprint density at radius 3 is 2.24 bits per heavy atom. The van der Waals surface area contributed by atoms with Gasteiger partial charge in [0.15, 0.2) is 0 Å². The van der Waals surface area contributed by atoms with E-state index in [1.54, 1.807) is 42.7 Å². The minimum atomic E-state index is -1.23. The lowest BCUT2D eigenvalue weighted by Crippen LogP contribution is -2.18. The highest BCUT2D eigenvalue weighted by atomic mass is 79.9. The first-order chi connectivity index (χ1) is 15.6. The molecule has 0 radical (unpaired) electrons. The summed E-state index contributed by atoms with van der Waals surface area (Å²) >= 11 is 3.32. The Bertz CT molecular complexity index is 1260. The molecule has 0 aliphatic carbocycles. The van der Waals surface area contributed by atoms with Gasteiger partial charge in [0.2, 0.25) is 0 Å². The monoisotopic (exact) mass is 513 g/mol. The lowest BCUT2D eigenvalue weighted by atomic mass is 10.1. The molecule has 10 heteroatoms. The van der Waals surface area contributed by atoms with Crippen molar-refractivity contribution in [3.8, 4) is 11.4 Å². The second-order valence-electron chi connectivity index (χ2n) is 7.08. The molecule has 3 aromatic rings. The summed E-state index contributed by atoms with van der Waals surface area (Å²) in [6, 6.07) is 10.7. The highest BCUT2D eigenvalue weighted by Crippen LogP contribution is 2.24. The number of ether oxygens (including phenoxy) is 1. The maximum absolute atomic E-state index is 12.5. The van der Waals surface area contributed by atoms with Crippen molar-refractivity contribution in [3.05, 3.63) is 80.6 Å². The van der Waals surface area contributed by atoms with Gasteiger partial charge in [-0.2, -0.15) is 5.10 Å². The van der Waals surface area contributed by atoms with Gasteiger partial charge in [-0.15, -0.1) is 0 Å². The van der Waals surface area contributed by atoms with Gasteiger partial charge in [-0.1, -0.05) is 15.9 Å². The van der Waals surface area contributed by atoms with Crippen LogP contribution < -0.4 is 10.2 Å². The number of rotatable bonds is 7. The van der Waals surface area contributed by atoms with E-state index < -0.39 is 17.8 Å². The summed E-state index contributed by atoms with van der Waals surface area (Å²) in [5.74, 6) is -2.52. The van der Waals surface area contributed by atoms with Crippen LogP contribution in [0, 0.1) is 13.8 Å². The standard InChI is InChI=1S/C23H20BrN3O6/c1-12-6-16(11-25-26-21(28)19-10-17(24)4-5-20(19)33-3)13(2)27(12)18-8-14(22(29)30)7-15(9-18)23(31)32/h4-11H,1-3H3,(H,26,28)(H,29,30)(H,31,32). The van der Waals surface area contributed by atoms with Crippen LogP contribution in [0.1, 0.15) is 48.0 Å². The first kappa shape index (κ1) is 23.7. The molecule has 3 N–H and O–H groups in total. The molecule has 0 fully saturated rings. The summed E-state index contributed by atoms with van der Waals surface area (Å²) in [6.45, 7) is 3.57. The Balaban J connectivity index is 1.91. The third kappa shape index (κ3) is 5.12. The Morgan fingerprint density at radius 2 is 1.67 bits per heavy atom. The molecule has 0 aliphatic heterocycles. The van der Waals surface area contributed by atoms with Crippen LogP contribution >= 0.6 is 15.9 Å². The van der Waals surface area contributed by atoms with Crippen molar-refractivity contribution in [1.29, 1.82) is 0 Å². The van der Waals surface area contributed by atoms with Gasteiger partial charge in [-0.25, -0.2) is 15.0 Å². The number of halogens is 1. The van der Waals surface area contributed by atoms with E-state index in [9.17, 15) is 24.6 Å². The van der Waals surface area contributed by atoms with Gasteiger partial charge in [-0.3, -0.25) is 4.79 Å². The van der Waals surface area contributed by atoms with Crippen molar-refractivity contribution in [3.63, 3.8) is 0 Å². The SMILES string of the molecule is COc1ccc(Br)cc1C(=O)NN=Cc1cc(C)n(-c2cc(C(=O)O)cc(C(=O)O)c2)c1C. The van der Waals surface area contributed by atoms with Crippen LogP contribution in [0.4, 0.5) is 0 Å². The summed E-state index contributed by atoms with van der Waals surface area (Å²) < 4.78 is 7.64. The number of carboxylic acid groups (broad SMARTS) is 2. The normalized spacial score (nSPS) is 10.9. The van der Waals surface area contributed by atoms with Crippen LogP contribution in [-0.4, -0.2) is 46.0 Å². The summed E-state index contributed by atoms with van der Waals surface area (Å²) in [4.78, 5) is 35.4. The number of aromatic nitrogens is 1. The number of carboxylic acids is 2. The number of nitrogens with zero attached hydrogens (tertiary/aromatic N) is 2. The van der Waals surface area contributed by atoms with Crippen LogP contribution in [0.15, 0.2) is 52.0 Å². The molecular weight excluding hydrogens is 494 g/mol. The van der Waals surface area contributed by atoms with Crippen molar-refractivity contribution >= 4 is 40.0 Å². The second kappa shape index (κ2) is 9.70. The molecule has 0 saturated carbocycles. The van der Waals surface area contributed by atoms with Crippen molar-refractivity contribution in [1.82, 2.24) is 9.99 Å². The molecule has 3 rings (SSSR count). The van der Waals surface area contributed by atoms with E-state index in [-0.39, 0.29) is 11.1 Å². The summed E-state index contributed by atoms with van der Waals surface area (Å²) in [6.07, 6.45) is 1.46. The number of aryl methyl sites for hydroxylation is 1. The minimum absolute atomic E-state index is 0.136. The number of carbonyl (C=O) groups excluding carboxylic acids is 1. The molecule has 0 spiro atoms. The molecule has 1 amide bonds. The molecule has 170 valence electrons. The van der Waals surface area contributed by atoms with E-state index in [1.807, 2.05) is 0 Å². The Morgan fingerprint density at radius 1 is 1.03 bits per heavy atom. The zero-order valence-corrected chi connectivity index (χ0v) is 19.5. The Labute approximate surface area is 197 Å². The lowest BCUT2D eigenvalue weighted by molar-refractivity contribution is 0.0696. The highest BCUT2D eigenvalue weighted by Gasteiger charge is 2.16. The van der Waals surface area contributed by atoms with E-state index in [0.29, 0.717) is 32.7 Å². The van der Waals surface area contributed by atoms with Crippen LogP contribution in [0.3, 0.4) is 0 Å². The van der Waals surface area contributed by atoms with Gasteiger partial charge in [0.05, 0.1) is 30.0 Å². The molecule has 33 heavy (non-hydrogen) atoms. The molecule has 0 aliphatic rings. The third-order valence-corrected chi connectivity index (χ3v) is 5.41. The van der Waals surface area contributed by atoms with Crippen molar-refractivity contribution in [2.75, 3.05) is 7.11 Å². The van der Waals surface area contributed by atoms with E-state index in [4.69, 9.17) is 4.74 Å². The van der Waals surface area contributed by atoms with Gasteiger partial charge in [0.1, 0.15) is 5.75 Å². The molecule has 2 aromatic carbocycles. The number of methoxy groups -OCH3 is 1. The predicted octanol–water partition coefficient (Wildman–Crippen LogP) is 4.03. The van der Waals surface area contributed by atoms with Gasteiger partial charge in [0, 0.05) is 27.1 Å². The molecule has 9 nitrogen and oxygen atoms in total. The highest BCUT2D eigenvalue weighted by molar-refractivity contribution is 9.10. The lowest BCUT2D eigenvalue weighted by Gasteiger charge is -2.12. The molecule has 0 bridgehead atoms. The number of hydrazone groups is 1. The van der Waals surface area contributed by atoms with Crippen LogP contribution in [-0.2, 0) is 0 Å². The minimum Gasteiger partial charge on any atom is -0.496 e. The van der Waals surface area contributed by atoms with E-state index in [0.717, 1.165) is 11.8 Å². The van der Waals surface area contributed by atoms with E-state index >= 15 is 0 Å². The van der Waals surface area contributed by atoms with Gasteiger partial charge < -0.3 is 19.5 Å². The zero-order chi connectivity index (χ0) is 24.3. The number of carbonyl (C=O) groups is 3. The van der Waals surface area contributed by atoms with Gasteiger partial charge in [0.25, 0.3) is 5.91 Å². The average Bonchev–Trinajstić information content (AvgIpc) is 3.06. The average molecular weight is 514 g/mol. The van der Waals surface area contributed by atoms with Gasteiger partial charge in [-0.05, 0) is 56.3 Å². The van der Waals surface area contributed by atoms with E-state index in [1.165, 1.54) is 25.5 Å². The number of amides is 1. The van der Waals surface area contributed by atoms with Crippen LogP contribution in [0.25, 0.3) is 5.69 Å². The number of nitrogens with one attached hydrogen (secondary N) is 1. The van der Waals surface area contributed by atoms with Crippen molar-refractivity contribution in [2.24, 2.45) is 5.10 Å². The fourth-order valence-electron chi connectivity index (χ4n) is 3.38. The largest absolute Gasteiger partial charge is 0.496 e. The number of hydrogen-bond donors (Lipinski definition) is 3. The second-order valence-corrected chi connectivity index (χ2v) is 8.00. The first-order valence-electron chi connectivity index (χ1n) is 9.60. The topological polar surface area (TPSA) is 130 Å². The van der Waals surface area contributed by atoms with Crippen molar-refractivity contribution < 1.29 is 29.3 Å². The van der Waals surface area contributed by atoms with E-state index in [2.05, 4.69) is 26.5 Å². The first-order valence-corrected chi connectivity index (χ1v) is 10.4. The van der Waals surface area contributed by atoms with Gasteiger partial charge >= 0.3 is 11.9 Å². The Kier molecular flexibility index (Phi) is 6.98. The Hall–Kier alpha value is -3.92. The zero-order valence-electron chi connectivity index (χ0n) is 17.9. The fourth-order valence-corrected chi connectivity index (χ4v) is 3.74.